The molecule has 4 aliphatic rings. The average Bonchev–Trinajstić information content (AvgIpc) is 3.87. The third kappa shape index (κ3) is 6.85. The van der Waals surface area contributed by atoms with Gasteiger partial charge in [0, 0.05) is 39.1 Å². The molecule has 1 aliphatic heterocycles. The van der Waals surface area contributed by atoms with Crippen molar-refractivity contribution in [2.75, 3.05) is 4.90 Å². The topological polar surface area (TPSA) is 72.6 Å². The number of fused-ring (bicyclic) bond motifs is 9. The van der Waals surface area contributed by atoms with Crippen LogP contribution in [0.15, 0.2) is 205 Å². The minimum atomic E-state index is -0.241. The Morgan fingerprint density at radius 2 is 1.42 bits per heavy atom. The highest BCUT2D eigenvalue weighted by Gasteiger charge is 2.42. The van der Waals surface area contributed by atoms with Gasteiger partial charge in [0.1, 0.15) is 5.84 Å². The monoisotopic (exact) mass is 829 g/mol. The third-order valence-corrected chi connectivity index (χ3v) is 13.8. The van der Waals surface area contributed by atoms with Crippen LogP contribution in [0.2, 0.25) is 0 Å². The van der Waals surface area contributed by atoms with E-state index < -0.39 is 0 Å². The first kappa shape index (κ1) is 39.2. The molecule has 4 atom stereocenters. The summed E-state index contributed by atoms with van der Waals surface area (Å²) < 4.78 is 2.65. The van der Waals surface area contributed by atoms with Crippen LogP contribution in [0.1, 0.15) is 69.8 Å². The van der Waals surface area contributed by atoms with Crippen LogP contribution in [-0.2, 0) is 18.4 Å². The molecule has 0 saturated carbocycles. The molecule has 3 aliphatic carbocycles. The molecule has 5 heteroatoms. The molecule has 0 bridgehead atoms. The largest absolute Gasteiger partial charge is 0.382 e. The molecular weight excluding hydrogens is 779 g/mol. The van der Waals surface area contributed by atoms with Crippen molar-refractivity contribution in [3.63, 3.8) is 0 Å². The van der Waals surface area contributed by atoms with Crippen molar-refractivity contribution >= 4 is 56.7 Å². The average molecular weight is 830 g/mol. The van der Waals surface area contributed by atoms with Gasteiger partial charge in [0.2, 0.25) is 0 Å². The van der Waals surface area contributed by atoms with Gasteiger partial charge in [-0.05, 0) is 107 Å². The Kier molecular flexibility index (Phi) is 9.96. The van der Waals surface area contributed by atoms with Crippen molar-refractivity contribution in [1.82, 2.24) is 4.57 Å². The van der Waals surface area contributed by atoms with Gasteiger partial charge in [-0.2, -0.15) is 5.10 Å². The number of hydrogen-bond acceptors (Lipinski definition) is 3. The number of anilines is 2. The number of nitrogens with two attached hydrogens (primary N) is 2. The van der Waals surface area contributed by atoms with Crippen LogP contribution in [-0.4, -0.2) is 10.4 Å². The highest BCUT2D eigenvalue weighted by atomic mass is 15.2. The third-order valence-electron chi connectivity index (χ3n) is 13.8. The summed E-state index contributed by atoms with van der Waals surface area (Å²) in [6, 6.07) is 61.4. The van der Waals surface area contributed by atoms with Crippen LogP contribution in [0.25, 0.3) is 39.5 Å². The lowest BCUT2D eigenvalue weighted by atomic mass is 9.80. The van der Waals surface area contributed by atoms with E-state index in [2.05, 4.69) is 204 Å². The van der Waals surface area contributed by atoms with Crippen LogP contribution in [0.4, 0.5) is 11.4 Å². The van der Waals surface area contributed by atoms with E-state index in [0.29, 0.717) is 11.8 Å². The zero-order valence-electron chi connectivity index (χ0n) is 36.1. The highest BCUT2D eigenvalue weighted by Crippen LogP contribution is 2.57. The smallest absolute Gasteiger partial charge is 0.150 e. The van der Waals surface area contributed by atoms with Crippen molar-refractivity contribution in [2.45, 2.75) is 43.7 Å². The van der Waals surface area contributed by atoms with Gasteiger partial charge in [-0.15, -0.1) is 0 Å². The van der Waals surface area contributed by atoms with Gasteiger partial charge in [-0.1, -0.05) is 182 Å². The second kappa shape index (κ2) is 16.2. The van der Waals surface area contributed by atoms with Crippen molar-refractivity contribution in [1.29, 1.82) is 0 Å². The lowest BCUT2D eigenvalue weighted by molar-refractivity contribution is 0.430. The van der Waals surface area contributed by atoms with Gasteiger partial charge in [0.05, 0.1) is 17.1 Å². The summed E-state index contributed by atoms with van der Waals surface area (Å²) >= 11 is 0. The summed E-state index contributed by atoms with van der Waals surface area (Å²) in [5.41, 5.74) is 22.2. The first-order chi connectivity index (χ1) is 31.5. The van der Waals surface area contributed by atoms with E-state index in [1.165, 1.54) is 77.7 Å². The van der Waals surface area contributed by atoms with E-state index >= 15 is 0 Å². The van der Waals surface area contributed by atoms with Gasteiger partial charge in [-0.25, -0.2) is 0 Å². The molecule has 0 amide bonds. The Labute approximate surface area is 375 Å². The number of benzene rings is 7. The van der Waals surface area contributed by atoms with Crippen LogP contribution >= 0.6 is 0 Å². The second-order valence-corrected chi connectivity index (χ2v) is 17.8. The Hall–Kier alpha value is -7.63. The maximum atomic E-state index is 5.42. The first-order valence-corrected chi connectivity index (χ1v) is 22.5. The van der Waals surface area contributed by atoms with Crippen molar-refractivity contribution < 1.29 is 0 Å². The zero-order valence-corrected chi connectivity index (χ0v) is 36.1. The summed E-state index contributed by atoms with van der Waals surface area (Å²) in [7, 11) is 0. The van der Waals surface area contributed by atoms with Crippen LogP contribution in [0.5, 0.6) is 0 Å². The number of nitrogens with zero attached hydrogens (tertiary/aromatic N) is 3. The van der Waals surface area contributed by atoms with Gasteiger partial charge in [0.15, 0.2) is 0 Å². The number of hydrazone groups is 1. The molecule has 7 aromatic carbocycles. The highest BCUT2D eigenvalue weighted by molar-refractivity contribution is 6.10. The van der Waals surface area contributed by atoms with Crippen LogP contribution in [0, 0.1) is 5.92 Å². The molecule has 2 heterocycles. The SMILES string of the molecule is CC1(n2c3ccccc3c3cc4c(cc32)N(c2ccccc2)C2c3ccccc3C=CC42)C=Cc2c(CC3C=CC(c4ccccc4)=CC3)cccc2C1.N/N=C(\N)c1ccccc1. The number of para-hydroxylation sites is 2. The van der Waals surface area contributed by atoms with E-state index in [0.717, 1.165) is 24.8 Å². The lowest BCUT2D eigenvalue weighted by Gasteiger charge is -2.35. The number of aromatic nitrogens is 1. The van der Waals surface area contributed by atoms with Crippen LogP contribution in [0.3, 0.4) is 0 Å². The number of rotatable bonds is 6. The summed E-state index contributed by atoms with van der Waals surface area (Å²) in [6.45, 7) is 2.44. The fourth-order valence-corrected chi connectivity index (χ4v) is 10.8. The molecule has 0 spiro atoms. The molecule has 0 fully saturated rings. The van der Waals surface area contributed by atoms with Gasteiger partial charge < -0.3 is 21.0 Å². The normalized spacial score (nSPS) is 20.5. The summed E-state index contributed by atoms with van der Waals surface area (Å²) in [5, 5.41) is 6.02. The minimum Gasteiger partial charge on any atom is -0.382 e. The maximum Gasteiger partial charge on any atom is 0.150 e. The van der Waals surface area contributed by atoms with E-state index in [-0.39, 0.29) is 17.5 Å². The Bertz CT molecular complexity index is 3190. The molecular formula is C59H51N5. The summed E-state index contributed by atoms with van der Waals surface area (Å²) in [5.74, 6) is 6.11. The molecule has 312 valence electrons. The minimum absolute atomic E-state index is 0.213. The number of hydrogen-bond donors (Lipinski definition) is 2. The molecule has 64 heavy (non-hydrogen) atoms. The lowest BCUT2D eigenvalue weighted by Crippen LogP contribution is -2.32. The Morgan fingerprint density at radius 3 is 2.20 bits per heavy atom. The van der Waals surface area contributed by atoms with Crippen molar-refractivity contribution in [3.05, 3.63) is 245 Å². The molecule has 8 aromatic rings. The molecule has 4 unspecified atom stereocenters. The Morgan fingerprint density at radius 1 is 0.688 bits per heavy atom. The fraction of sp³-hybridized carbons (Fsp3) is 0.136. The summed E-state index contributed by atoms with van der Waals surface area (Å²) in [4.78, 5) is 2.61. The molecule has 12 rings (SSSR count). The number of amidine groups is 1. The molecule has 0 radical (unpaired) electrons. The van der Waals surface area contributed by atoms with Crippen LogP contribution < -0.4 is 16.5 Å². The van der Waals surface area contributed by atoms with Gasteiger partial charge in [0.25, 0.3) is 0 Å². The zero-order chi connectivity index (χ0) is 43.2. The number of allylic oxidation sites excluding steroid dienone is 5. The Balaban J connectivity index is 0.000000406. The van der Waals surface area contributed by atoms with E-state index in [9.17, 15) is 0 Å². The van der Waals surface area contributed by atoms with Gasteiger partial charge >= 0.3 is 0 Å². The van der Waals surface area contributed by atoms with Crippen molar-refractivity contribution in [2.24, 2.45) is 22.6 Å². The fourth-order valence-electron chi connectivity index (χ4n) is 10.8. The van der Waals surface area contributed by atoms with Crippen molar-refractivity contribution in [3.8, 4) is 0 Å². The molecule has 5 nitrogen and oxygen atoms in total. The predicted octanol–water partition coefficient (Wildman–Crippen LogP) is 13.3. The first-order valence-electron chi connectivity index (χ1n) is 22.5. The second-order valence-electron chi connectivity index (χ2n) is 17.8. The van der Waals surface area contributed by atoms with E-state index in [4.69, 9.17) is 11.6 Å². The summed E-state index contributed by atoms with van der Waals surface area (Å²) in [6.07, 6.45) is 20.0. The predicted molar refractivity (Wildman–Crippen MR) is 269 cm³/mol. The molecule has 1 aromatic heterocycles. The van der Waals surface area contributed by atoms with Gasteiger partial charge in [-0.3, -0.25) is 0 Å². The van der Waals surface area contributed by atoms with E-state index in [1.54, 1.807) is 0 Å². The molecule has 4 N–H and O–H groups in total. The quantitative estimate of drug-likeness (QED) is 0.0759. The molecule has 0 saturated heterocycles. The standard InChI is InChI=1S/C52H42N2.C7H9N3/c1-52(30-29-42-39(16-12-17-40(42)34-52)31-35-23-25-37(26-24-35)36-13-4-2-5-14-36)54-48-22-11-10-21-44(48)46-32-47-45-28-27-38-15-8-9-20-43(38)51(45)53(49(47)33-50(46)54)41-18-6-3-7-19-41;8-7(10-9)6-4-2-1-3-5-6/h2-23,25-30,32-33,35,45,51H,24,31,34H2,1H3;1-5H,9H2,(H2,8,10). The maximum absolute atomic E-state index is 5.42. The van der Waals surface area contributed by atoms with E-state index in [1.807, 2.05) is 30.3 Å².